The van der Waals surface area contributed by atoms with Crippen molar-refractivity contribution >= 4 is 16.9 Å². The molecular weight excluding hydrogens is 218 g/mol. The lowest BCUT2D eigenvalue weighted by Gasteiger charge is -2.04. The minimum atomic E-state index is -0.320. The van der Waals surface area contributed by atoms with Crippen LogP contribution in [0.1, 0.15) is 28.7 Å². The van der Waals surface area contributed by atoms with Gasteiger partial charge in [-0.05, 0) is 26.8 Å². The Balaban J connectivity index is 2.84. The van der Waals surface area contributed by atoms with E-state index in [1.807, 2.05) is 20.8 Å². The first kappa shape index (κ1) is 11.5. The predicted molar refractivity (Wildman–Crippen MR) is 64.3 cm³/mol. The highest BCUT2D eigenvalue weighted by Gasteiger charge is 2.17. The van der Waals surface area contributed by atoms with E-state index in [0.29, 0.717) is 12.1 Å². The molecule has 0 unspecified atom stereocenters. The molecule has 0 aromatic carbocycles. The zero-order valence-electron chi connectivity index (χ0n) is 10.1. The summed E-state index contributed by atoms with van der Waals surface area (Å²) in [5.41, 5.74) is 4.95. The minimum Gasteiger partial charge on any atom is -0.290 e. The molecule has 0 aliphatic carbocycles. The molecule has 0 saturated carbocycles. The number of fused-ring (bicyclic) bond motifs is 1. The maximum Gasteiger partial charge on any atom is 0.266 e. The van der Waals surface area contributed by atoms with E-state index < -0.39 is 0 Å². The average molecular weight is 233 g/mol. The number of pyridine rings is 1. The normalized spacial score (nSPS) is 10.8. The van der Waals surface area contributed by atoms with Gasteiger partial charge in [-0.1, -0.05) is 0 Å². The molecule has 0 aliphatic rings. The molecule has 3 N–H and O–H groups in total. The standard InChI is InChI=1S/C11H15N5O/c1-4-16-10-9(7(3)15-16)8(11(17)14-12)5-6(2)13-10/h5H,4,12H2,1-3H3,(H,14,17). The second-order valence-electron chi connectivity index (χ2n) is 3.88. The number of amides is 1. The second-order valence-corrected chi connectivity index (χ2v) is 3.88. The number of hydrogen-bond donors (Lipinski definition) is 2. The lowest BCUT2D eigenvalue weighted by atomic mass is 10.1. The minimum absolute atomic E-state index is 0.320. The number of hydrogen-bond acceptors (Lipinski definition) is 4. The largest absolute Gasteiger partial charge is 0.290 e. The molecule has 0 radical (unpaired) electrons. The molecule has 0 atom stereocenters. The van der Waals surface area contributed by atoms with E-state index in [0.717, 1.165) is 22.4 Å². The first-order chi connectivity index (χ1) is 8.08. The van der Waals surface area contributed by atoms with Crippen LogP contribution in [0.2, 0.25) is 0 Å². The molecule has 0 bridgehead atoms. The Bertz CT molecular complexity index is 587. The van der Waals surface area contributed by atoms with E-state index in [2.05, 4.69) is 15.5 Å². The van der Waals surface area contributed by atoms with Crippen molar-refractivity contribution < 1.29 is 4.79 Å². The van der Waals surface area contributed by atoms with Crippen LogP contribution in [-0.2, 0) is 6.54 Å². The summed E-state index contributed by atoms with van der Waals surface area (Å²) in [4.78, 5) is 16.2. The third-order valence-corrected chi connectivity index (χ3v) is 2.68. The number of aryl methyl sites for hydroxylation is 3. The third-order valence-electron chi connectivity index (χ3n) is 2.68. The summed E-state index contributed by atoms with van der Waals surface area (Å²) in [5.74, 6) is 4.87. The molecule has 2 aromatic rings. The van der Waals surface area contributed by atoms with E-state index in [1.54, 1.807) is 10.7 Å². The summed E-state index contributed by atoms with van der Waals surface area (Å²) in [6, 6.07) is 1.72. The number of nitrogen functional groups attached to an aromatic ring is 1. The van der Waals surface area contributed by atoms with Gasteiger partial charge in [0.05, 0.1) is 16.6 Å². The van der Waals surface area contributed by atoms with Crippen molar-refractivity contribution in [3.05, 3.63) is 23.0 Å². The molecule has 6 nitrogen and oxygen atoms in total. The molecule has 90 valence electrons. The van der Waals surface area contributed by atoms with Crippen LogP contribution >= 0.6 is 0 Å². The van der Waals surface area contributed by atoms with Gasteiger partial charge in [0, 0.05) is 12.2 Å². The second kappa shape index (κ2) is 4.14. The molecule has 6 heteroatoms. The number of hydrazine groups is 1. The Morgan fingerprint density at radius 2 is 2.24 bits per heavy atom. The quantitative estimate of drug-likeness (QED) is 0.453. The zero-order chi connectivity index (χ0) is 12.6. The summed E-state index contributed by atoms with van der Waals surface area (Å²) >= 11 is 0. The van der Waals surface area contributed by atoms with Gasteiger partial charge in [-0.25, -0.2) is 15.5 Å². The van der Waals surface area contributed by atoms with Crippen molar-refractivity contribution in [2.45, 2.75) is 27.3 Å². The van der Waals surface area contributed by atoms with Gasteiger partial charge in [-0.15, -0.1) is 0 Å². The zero-order valence-corrected chi connectivity index (χ0v) is 10.1. The SMILES string of the molecule is CCn1nc(C)c2c(C(=O)NN)cc(C)nc21. The number of carbonyl (C=O) groups excluding carboxylic acids is 1. The fraction of sp³-hybridized carbons (Fsp3) is 0.364. The molecule has 0 aliphatic heterocycles. The summed E-state index contributed by atoms with van der Waals surface area (Å²) in [5, 5.41) is 5.12. The molecule has 0 fully saturated rings. The number of carbonyl (C=O) groups is 1. The highest BCUT2D eigenvalue weighted by Crippen LogP contribution is 2.21. The number of nitrogens with one attached hydrogen (secondary N) is 1. The lowest BCUT2D eigenvalue weighted by molar-refractivity contribution is 0.0955. The molecular formula is C11H15N5O. The van der Waals surface area contributed by atoms with Gasteiger partial charge in [0.2, 0.25) is 0 Å². The number of rotatable bonds is 2. The molecule has 2 heterocycles. The number of nitrogens with zero attached hydrogens (tertiary/aromatic N) is 3. The number of nitrogens with two attached hydrogens (primary N) is 1. The van der Waals surface area contributed by atoms with Crippen molar-refractivity contribution in [3.8, 4) is 0 Å². The van der Waals surface area contributed by atoms with Crippen molar-refractivity contribution in [3.63, 3.8) is 0 Å². The van der Waals surface area contributed by atoms with E-state index >= 15 is 0 Å². The van der Waals surface area contributed by atoms with Gasteiger partial charge in [-0.3, -0.25) is 10.2 Å². The molecule has 17 heavy (non-hydrogen) atoms. The van der Waals surface area contributed by atoms with Crippen LogP contribution in [-0.4, -0.2) is 20.7 Å². The Labute approximate surface area is 98.8 Å². The van der Waals surface area contributed by atoms with Crippen LogP contribution < -0.4 is 11.3 Å². The Morgan fingerprint density at radius 3 is 2.82 bits per heavy atom. The van der Waals surface area contributed by atoms with Gasteiger partial charge >= 0.3 is 0 Å². The fourth-order valence-corrected chi connectivity index (χ4v) is 1.96. The Hall–Kier alpha value is -1.95. The highest BCUT2D eigenvalue weighted by atomic mass is 16.2. The van der Waals surface area contributed by atoms with Gasteiger partial charge in [0.15, 0.2) is 5.65 Å². The number of aromatic nitrogens is 3. The summed E-state index contributed by atoms with van der Waals surface area (Å²) in [6.45, 7) is 6.40. The Kier molecular flexibility index (Phi) is 2.81. The van der Waals surface area contributed by atoms with Crippen LogP contribution in [0, 0.1) is 13.8 Å². The third kappa shape index (κ3) is 1.76. The summed E-state index contributed by atoms with van der Waals surface area (Å²) < 4.78 is 1.78. The fourth-order valence-electron chi connectivity index (χ4n) is 1.96. The molecule has 2 aromatic heterocycles. The van der Waals surface area contributed by atoms with Crippen LogP contribution in [0.25, 0.3) is 11.0 Å². The maximum absolute atomic E-state index is 11.7. The maximum atomic E-state index is 11.7. The van der Waals surface area contributed by atoms with E-state index in [4.69, 9.17) is 5.84 Å². The molecule has 1 amide bonds. The monoisotopic (exact) mass is 233 g/mol. The van der Waals surface area contributed by atoms with Crippen LogP contribution in [0.15, 0.2) is 6.07 Å². The van der Waals surface area contributed by atoms with Crippen LogP contribution in [0.5, 0.6) is 0 Å². The van der Waals surface area contributed by atoms with Crippen molar-refractivity contribution in [2.75, 3.05) is 0 Å². The van der Waals surface area contributed by atoms with Gasteiger partial charge < -0.3 is 0 Å². The predicted octanol–water partition coefficient (Wildman–Crippen LogP) is 0.672. The van der Waals surface area contributed by atoms with Gasteiger partial charge in [-0.2, -0.15) is 5.10 Å². The average Bonchev–Trinajstić information content (AvgIpc) is 2.64. The van der Waals surface area contributed by atoms with Gasteiger partial charge in [0.1, 0.15) is 0 Å². The van der Waals surface area contributed by atoms with Gasteiger partial charge in [0.25, 0.3) is 5.91 Å². The van der Waals surface area contributed by atoms with Crippen molar-refractivity contribution in [1.82, 2.24) is 20.2 Å². The van der Waals surface area contributed by atoms with Crippen molar-refractivity contribution in [2.24, 2.45) is 5.84 Å². The van der Waals surface area contributed by atoms with Crippen molar-refractivity contribution in [1.29, 1.82) is 0 Å². The topological polar surface area (TPSA) is 85.8 Å². The van der Waals surface area contributed by atoms with E-state index in [-0.39, 0.29) is 5.91 Å². The van der Waals surface area contributed by atoms with E-state index in [9.17, 15) is 4.79 Å². The molecule has 0 spiro atoms. The first-order valence-corrected chi connectivity index (χ1v) is 5.44. The highest BCUT2D eigenvalue weighted by molar-refractivity contribution is 6.06. The molecule has 2 rings (SSSR count). The van der Waals surface area contributed by atoms with Crippen LogP contribution in [0.3, 0.4) is 0 Å². The molecule has 0 saturated heterocycles. The Morgan fingerprint density at radius 1 is 1.53 bits per heavy atom. The smallest absolute Gasteiger partial charge is 0.266 e. The summed E-state index contributed by atoms with van der Waals surface area (Å²) in [7, 11) is 0. The first-order valence-electron chi connectivity index (χ1n) is 5.44. The van der Waals surface area contributed by atoms with E-state index in [1.165, 1.54) is 0 Å². The summed E-state index contributed by atoms with van der Waals surface area (Å²) in [6.07, 6.45) is 0. The lowest BCUT2D eigenvalue weighted by Crippen LogP contribution is -2.30. The van der Waals surface area contributed by atoms with Crippen LogP contribution in [0.4, 0.5) is 0 Å².